The van der Waals surface area contributed by atoms with Crippen LogP contribution in [0.2, 0.25) is 0 Å². The number of alkyl halides is 3. The normalized spacial score (nSPS) is 33.4. The zero-order valence-electron chi connectivity index (χ0n) is 12.4. The highest BCUT2D eigenvalue weighted by Gasteiger charge is 2.45. The first kappa shape index (κ1) is 16.0. The Kier molecular flexibility index (Phi) is 4.09. The van der Waals surface area contributed by atoms with Crippen molar-refractivity contribution in [2.75, 3.05) is 11.4 Å². The van der Waals surface area contributed by atoms with Gasteiger partial charge in [-0.15, -0.1) is 10.2 Å². The predicted octanol–water partition coefficient (Wildman–Crippen LogP) is 3.47. The van der Waals surface area contributed by atoms with Crippen LogP contribution in [0.4, 0.5) is 18.3 Å². The highest BCUT2D eigenvalue weighted by molar-refractivity contribution is 7.15. The number of aliphatic hydroxyl groups is 1. The third kappa shape index (κ3) is 2.95. The molecule has 1 saturated heterocycles. The first-order chi connectivity index (χ1) is 10.3. The molecule has 2 fully saturated rings. The Balaban J connectivity index is 1.82. The second-order valence-corrected chi connectivity index (χ2v) is 7.46. The lowest BCUT2D eigenvalue weighted by Crippen LogP contribution is -2.49. The second kappa shape index (κ2) is 5.63. The first-order valence-electron chi connectivity index (χ1n) is 7.69. The summed E-state index contributed by atoms with van der Waals surface area (Å²) in [6.45, 7) is 2.54. The fourth-order valence-corrected chi connectivity index (χ4v) is 4.64. The Bertz CT molecular complexity index is 532. The molecule has 124 valence electrons. The van der Waals surface area contributed by atoms with Gasteiger partial charge in [-0.3, -0.25) is 0 Å². The van der Waals surface area contributed by atoms with Gasteiger partial charge in [-0.2, -0.15) is 13.2 Å². The average molecular weight is 335 g/mol. The maximum absolute atomic E-state index is 12.7. The van der Waals surface area contributed by atoms with Crippen LogP contribution in [0, 0.1) is 5.92 Å². The molecule has 22 heavy (non-hydrogen) atoms. The quantitative estimate of drug-likeness (QED) is 0.899. The molecule has 2 aliphatic rings. The molecule has 1 aliphatic heterocycles. The molecule has 1 N–H and O–H groups in total. The van der Waals surface area contributed by atoms with E-state index in [2.05, 4.69) is 10.2 Å². The van der Waals surface area contributed by atoms with E-state index in [1.165, 1.54) is 0 Å². The molecule has 3 atom stereocenters. The Labute approximate surface area is 131 Å². The molecule has 0 amide bonds. The molecule has 0 aromatic carbocycles. The Morgan fingerprint density at radius 2 is 2.00 bits per heavy atom. The highest BCUT2D eigenvalue weighted by atomic mass is 32.1. The van der Waals surface area contributed by atoms with E-state index >= 15 is 0 Å². The molecule has 3 unspecified atom stereocenters. The number of halogens is 3. The van der Waals surface area contributed by atoms with E-state index in [0.717, 1.165) is 38.5 Å². The van der Waals surface area contributed by atoms with Crippen molar-refractivity contribution >= 4 is 16.5 Å². The molecule has 8 heteroatoms. The summed E-state index contributed by atoms with van der Waals surface area (Å²) in [5.74, 6) is 0.0852. The Morgan fingerprint density at radius 3 is 2.64 bits per heavy atom. The van der Waals surface area contributed by atoms with Crippen LogP contribution in [0.1, 0.15) is 50.5 Å². The van der Waals surface area contributed by atoms with Gasteiger partial charge in [0, 0.05) is 18.5 Å². The molecule has 1 saturated carbocycles. The summed E-state index contributed by atoms with van der Waals surface area (Å²) in [6.07, 6.45) is 1.11. The van der Waals surface area contributed by atoms with Gasteiger partial charge in [0.15, 0.2) is 0 Å². The molecule has 1 aliphatic carbocycles. The molecule has 4 nitrogen and oxygen atoms in total. The minimum Gasteiger partial charge on any atom is -0.390 e. The van der Waals surface area contributed by atoms with E-state index < -0.39 is 16.8 Å². The molecule has 0 spiro atoms. The van der Waals surface area contributed by atoms with Crippen LogP contribution in [0.5, 0.6) is 0 Å². The van der Waals surface area contributed by atoms with Gasteiger partial charge in [-0.25, -0.2) is 0 Å². The molecular weight excluding hydrogens is 315 g/mol. The molecule has 0 bridgehead atoms. The summed E-state index contributed by atoms with van der Waals surface area (Å²) in [4.78, 5) is 1.93. The van der Waals surface area contributed by atoms with Gasteiger partial charge in [0.2, 0.25) is 10.1 Å². The van der Waals surface area contributed by atoms with E-state index in [4.69, 9.17) is 0 Å². The van der Waals surface area contributed by atoms with E-state index in [1.54, 1.807) is 0 Å². The van der Waals surface area contributed by atoms with Gasteiger partial charge in [0.1, 0.15) is 0 Å². The van der Waals surface area contributed by atoms with E-state index in [0.29, 0.717) is 23.0 Å². The van der Waals surface area contributed by atoms with Crippen molar-refractivity contribution in [1.82, 2.24) is 10.2 Å². The molecule has 3 rings (SSSR count). The van der Waals surface area contributed by atoms with Crippen molar-refractivity contribution in [2.24, 2.45) is 5.92 Å². The number of anilines is 1. The monoisotopic (exact) mass is 335 g/mol. The predicted molar refractivity (Wildman–Crippen MR) is 77.9 cm³/mol. The summed E-state index contributed by atoms with van der Waals surface area (Å²) in [5.41, 5.74) is -0.747. The number of hydrogen-bond acceptors (Lipinski definition) is 5. The Morgan fingerprint density at radius 1 is 1.23 bits per heavy atom. The SMILES string of the molecule is CC1(O)CCCCC1C1CCCN1c1nnc(C(F)(F)F)s1. The van der Waals surface area contributed by atoms with Crippen LogP contribution in [0.25, 0.3) is 0 Å². The summed E-state index contributed by atoms with van der Waals surface area (Å²) >= 11 is 0.602. The van der Waals surface area contributed by atoms with Crippen LogP contribution >= 0.6 is 11.3 Å². The molecule has 1 aromatic rings. The number of aromatic nitrogens is 2. The summed E-state index contributed by atoms with van der Waals surface area (Å²) in [7, 11) is 0. The minimum atomic E-state index is -4.44. The lowest BCUT2D eigenvalue weighted by Gasteiger charge is -2.43. The zero-order chi connectivity index (χ0) is 16.0. The first-order valence-corrected chi connectivity index (χ1v) is 8.50. The van der Waals surface area contributed by atoms with Crippen LogP contribution in [0.15, 0.2) is 0 Å². The van der Waals surface area contributed by atoms with Gasteiger partial charge in [-0.1, -0.05) is 24.2 Å². The third-order valence-electron chi connectivity index (χ3n) is 4.91. The fraction of sp³-hybridized carbons (Fsp3) is 0.857. The number of nitrogens with zero attached hydrogens (tertiary/aromatic N) is 3. The molecule has 1 aromatic heterocycles. The van der Waals surface area contributed by atoms with Gasteiger partial charge in [0.25, 0.3) is 0 Å². The second-order valence-electron chi connectivity index (χ2n) is 6.50. The van der Waals surface area contributed by atoms with E-state index in [1.807, 2.05) is 11.8 Å². The largest absolute Gasteiger partial charge is 0.445 e. The van der Waals surface area contributed by atoms with Crippen molar-refractivity contribution in [3.63, 3.8) is 0 Å². The summed E-state index contributed by atoms with van der Waals surface area (Å²) < 4.78 is 38.1. The summed E-state index contributed by atoms with van der Waals surface area (Å²) in [5, 5.41) is 17.1. The smallest absolute Gasteiger partial charge is 0.390 e. The minimum absolute atomic E-state index is 0.0596. The van der Waals surface area contributed by atoms with Gasteiger partial charge < -0.3 is 10.0 Å². The van der Waals surface area contributed by atoms with E-state index in [9.17, 15) is 18.3 Å². The van der Waals surface area contributed by atoms with Crippen LogP contribution in [0.3, 0.4) is 0 Å². The fourth-order valence-electron chi connectivity index (χ4n) is 3.84. The third-order valence-corrected chi connectivity index (χ3v) is 5.92. The highest BCUT2D eigenvalue weighted by Crippen LogP contribution is 2.43. The van der Waals surface area contributed by atoms with Crippen molar-refractivity contribution in [1.29, 1.82) is 0 Å². The maximum Gasteiger partial charge on any atom is 0.445 e. The van der Waals surface area contributed by atoms with Crippen LogP contribution < -0.4 is 4.90 Å². The maximum atomic E-state index is 12.7. The zero-order valence-corrected chi connectivity index (χ0v) is 13.3. The molecule has 2 heterocycles. The van der Waals surface area contributed by atoms with Crippen molar-refractivity contribution in [3.8, 4) is 0 Å². The Hall–Kier alpha value is -0.890. The lowest BCUT2D eigenvalue weighted by molar-refractivity contribution is -0.138. The summed E-state index contributed by atoms with van der Waals surface area (Å²) in [6, 6.07) is 0.0596. The van der Waals surface area contributed by atoms with E-state index in [-0.39, 0.29) is 12.0 Å². The van der Waals surface area contributed by atoms with Crippen LogP contribution in [-0.2, 0) is 6.18 Å². The average Bonchev–Trinajstić information content (AvgIpc) is 3.05. The van der Waals surface area contributed by atoms with Crippen LogP contribution in [-0.4, -0.2) is 33.5 Å². The molecule has 0 radical (unpaired) electrons. The van der Waals surface area contributed by atoms with Gasteiger partial charge in [-0.05, 0) is 32.6 Å². The van der Waals surface area contributed by atoms with Gasteiger partial charge in [0.05, 0.1) is 5.60 Å². The molecular formula is C14H20F3N3OS. The van der Waals surface area contributed by atoms with Crippen molar-refractivity contribution in [3.05, 3.63) is 5.01 Å². The topological polar surface area (TPSA) is 49.2 Å². The van der Waals surface area contributed by atoms with Crippen molar-refractivity contribution < 1.29 is 18.3 Å². The number of rotatable bonds is 2. The van der Waals surface area contributed by atoms with Gasteiger partial charge >= 0.3 is 6.18 Å². The van der Waals surface area contributed by atoms with Crippen molar-refractivity contribution in [2.45, 2.75) is 63.3 Å². The lowest BCUT2D eigenvalue weighted by atomic mass is 9.72. The standard InChI is InChI=1S/C14H20F3N3OS/c1-13(21)7-3-2-5-9(13)10-6-4-8-20(10)12-19-18-11(22-12)14(15,16)17/h9-10,21H,2-8H2,1H3. The number of hydrogen-bond donors (Lipinski definition) is 1.